The second kappa shape index (κ2) is 5.19. The largest absolute Gasteiger partial charge is 0.392 e. The first-order chi connectivity index (χ1) is 8.61. The molecule has 0 unspecified atom stereocenters. The van der Waals surface area contributed by atoms with Crippen molar-refractivity contribution in [3.05, 3.63) is 59.4 Å². The highest BCUT2D eigenvalue weighted by Gasteiger charge is 2.08. The van der Waals surface area contributed by atoms with Crippen LogP contribution in [0.2, 0.25) is 0 Å². The van der Waals surface area contributed by atoms with Crippen molar-refractivity contribution in [3.8, 4) is 0 Å². The summed E-state index contributed by atoms with van der Waals surface area (Å²) in [6.07, 6.45) is 0. The molecule has 0 aliphatic rings. The highest BCUT2D eigenvalue weighted by molar-refractivity contribution is 5.65. The zero-order valence-electron chi connectivity index (χ0n) is 10.5. The Morgan fingerprint density at radius 1 is 1.17 bits per heavy atom. The molecule has 0 aliphatic carbocycles. The van der Waals surface area contributed by atoms with Gasteiger partial charge in [-0.1, -0.05) is 18.2 Å². The molecule has 0 saturated heterocycles. The van der Waals surface area contributed by atoms with E-state index in [-0.39, 0.29) is 12.4 Å². The summed E-state index contributed by atoms with van der Waals surface area (Å²) in [5.74, 6) is -0.246. The Hall–Kier alpha value is -1.87. The summed E-state index contributed by atoms with van der Waals surface area (Å²) < 4.78 is 13.2. The van der Waals surface area contributed by atoms with Crippen molar-refractivity contribution in [3.63, 3.8) is 0 Å². The van der Waals surface area contributed by atoms with Gasteiger partial charge in [0.25, 0.3) is 0 Å². The molecule has 0 heterocycles. The van der Waals surface area contributed by atoms with E-state index < -0.39 is 0 Å². The number of aryl methyl sites for hydroxylation is 1. The van der Waals surface area contributed by atoms with Gasteiger partial charge < -0.3 is 10.0 Å². The van der Waals surface area contributed by atoms with Crippen molar-refractivity contribution in [2.24, 2.45) is 0 Å². The van der Waals surface area contributed by atoms with E-state index in [0.717, 1.165) is 22.5 Å². The topological polar surface area (TPSA) is 23.5 Å². The van der Waals surface area contributed by atoms with E-state index in [1.165, 1.54) is 12.1 Å². The zero-order chi connectivity index (χ0) is 13.1. The van der Waals surface area contributed by atoms with Gasteiger partial charge in [-0.25, -0.2) is 4.39 Å². The van der Waals surface area contributed by atoms with Gasteiger partial charge in [0.1, 0.15) is 5.82 Å². The van der Waals surface area contributed by atoms with Gasteiger partial charge in [0.15, 0.2) is 0 Å². The summed E-state index contributed by atoms with van der Waals surface area (Å²) in [6, 6.07) is 12.2. The maximum absolute atomic E-state index is 13.2. The Balaban J connectivity index is 2.37. The summed E-state index contributed by atoms with van der Waals surface area (Å²) in [4.78, 5) is 1.93. The number of benzene rings is 2. The van der Waals surface area contributed by atoms with Gasteiger partial charge in [0, 0.05) is 18.4 Å². The summed E-state index contributed by atoms with van der Waals surface area (Å²) in [5.41, 5.74) is 3.73. The van der Waals surface area contributed by atoms with E-state index in [9.17, 15) is 4.39 Å². The second-order valence-corrected chi connectivity index (χ2v) is 4.32. The van der Waals surface area contributed by atoms with Gasteiger partial charge in [-0.05, 0) is 42.3 Å². The molecule has 0 spiro atoms. The monoisotopic (exact) mass is 245 g/mol. The third-order valence-electron chi connectivity index (χ3n) is 3.00. The van der Waals surface area contributed by atoms with Crippen molar-refractivity contribution >= 4 is 11.4 Å². The first-order valence-electron chi connectivity index (χ1n) is 5.81. The van der Waals surface area contributed by atoms with Crippen molar-refractivity contribution in [1.29, 1.82) is 0 Å². The molecule has 0 radical (unpaired) electrons. The fourth-order valence-electron chi connectivity index (χ4n) is 2.02. The van der Waals surface area contributed by atoms with Gasteiger partial charge in [0.2, 0.25) is 0 Å². The molecule has 0 amide bonds. The number of aliphatic hydroxyl groups is 1. The van der Waals surface area contributed by atoms with Crippen LogP contribution in [0.4, 0.5) is 15.8 Å². The minimum atomic E-state index is -0.246. The Labute approximate surface area is 106 Å². The molecule has 0 bridgehead atoms. The van der Waals surface area contributed by atoms with Crippen LogP contribution >= 0.6 is 0 Å². The lowest BCUT2D eigenvalue weighted by molar-refractivity contribution is 0.282. The van der Waals surface area contributed by atoms with E-state index in [2.05, 4.69) is 0 Å². The fraction of sp³-hybridized carbons (Fsp3) is 0.200. The molecule has 2 rings (SSSR count). The second-order valence-electron chi connectivity index (χ2n) is 4.32. The third kappa shape index (κ3) is 2.51. The minimum Gasteiger partial charge on any atom is -0.392 e. The molecular formula is C15H16FNO. The van der Waals surface area contributed by atoms with E-state index in [1.807, 2.05) is 43.1 Å². The summed E-state index contributed by atoms with van der Waals surface area (Å²) in [7, 11) is 1.90. The van der Waals surface area contributed by atoms with Gasteiger partial charge in [-0.15, -0.1) is 0 Å². The Bertz CT molecular complexity index is 554. The Morgan fingerprint density at radius 3 is 2.56 bits per heavy atom. The van der Waals surface area contributed by atoms with Gasteiger partial charge in [-0.3, -0.25) is 0 Å². The minimum absolute atomic E-state index is 0.0325. The Kier molecular flexibility index (Phi) is 3.63. The highest BCUT2D eigenvalue weighted by Crippen LogP contribution is 2.27. The van der Waals surface area contributed by atoms with Crippen LogP contribution in [0.3, 0.4) is 0 Å². The number of hydrogen-bond donors (Lipinski definition) is 1. The highest BCUT2D eigenvalue weighted by atomic mass is 19.1. The van der Waals surface area contributed by atoms with Crippen molar-refractivity contribution in [1.82, 2.24) is 0 Å². The molecule has 2 aromatic rings. The van der Waals surface area contributed by atoms with Crippen LogP contribution in [0.1, 0.15) is 11.1 Å². The summed E-state index contributed by atoms with van der Waals surface area (Å²) in [5, 5.41) is 9.08. The van der Waals surface area contributed by atoms with Crippen LogP contribution in [-0.4, -0.2) is 12.2 Å². The fourth-order valence-corrected chi connectivity index (χ4v) is 2.02. The normalized spacial score (nSPS) is 10.4. The molecule has 0 atom stereocenters. The molecular weight excluding hydrogens is 229 g/mol. The number of nitrogens with zero attached hydrogens (tertiary/aromatic N) is 1. The number of hydrogen-bond acceptors (Lipinski definition) is 2. The predicted molar refractivity (Wildman–Crippen MR) is 71.6 cm³/mol. The maximum atomic E-state index is 13.2. The molecule has 18 heavy (non-hydrogen) atoms. The quantitative estimate of drug-likeness (QED) is 0.896. The lowest BCUT2D eigenvalue weighted by Gasteiger charge is -2.22. The van der Waals surface area contributed by atoms with Crippen LogP contribution in [0.15, 0.2) is 42.5 Å². The Morgan fingerprint density at radius 2 is 1.94 bits per heavy atom. The molecule has 2 aromatic carbocycles. The molecule has 0 saturated carbocycles. The maximum Gasteiger partial charge on any atom is 0.125 e. The SMILES string of the molecule is Cc1cc(CO)ccc1N(C)c1cccc(F)c1. The van der Waals surface area contributed by atoms with E-state index in [4.69, 9.17) is 5.11 Å². The lowest BCUT2D eigenvalue weighted by atomic mass is 10.1. The molecule has 0 fully saturated rings. The van der Waals surface area contributed by atoms with Crippen molar-refractivity contribution in [2.45, 2.75) is 13.5 Å². The van der Waals surface area contributed by atoms with Gasteiger partial charge in [0.05, 0.1) is 6.61 Å². The number of anilines is 2. The summed E-state index contributed by atoms with van der Waals surface area (Å²) in [6.45, 7) is 2.01. The van der Waals surface area contributed by atoms with Gasteiger partial charge >= 0.3 is 0 Å². The standard InChI is InChI=1S/C15H16FNO/c1-11-8-12(10-18)6-7-15(11)17(2)14-5-3-4-13(16)9-14/h3-9,18H,10H2,1-2H3. The van der Waals surface area contributed by atoms with Crippen LogP contribution in [0, 0.1) is 12.7 Å². The average molecular weight is 245 g/mol. The predicted octanol–water partition coefficient (Wildman–Crippen LogP) is 3.39. The average Bonchev–Trinajstić information content (AvgIpc) is 2.37. The molecule has 3 heteroatoms. The van der Waals surface area contributed by atoms with E-state index >= 15 is 0 Å². The first-order valence-corrected chi connectivity index (χ1v) is 5.81. The molecule has 1 N–H and O–H groups in total. The van der Waals surface area contributed by atoms with Crippen LogP contribution in [0.25, 0.3) is 0 Å². The smallest absolute Gasteiger partial charge is 0.125 e. The molecule has 0 aliphatic heterocycles. The van der Waals surface area contributed by atoms with Crippen LogP contribution in [-0.2, 0) is 6.61 Å². The van der Waals surface area contributed by atoms with Gasteiger partial charge in [-0.2, -0.15) is 0 Å². The van der Waals surface area contributed by atoms with E-state index in [0.29, 0.717) is 0 Å². The van der Waals surface area contributed by atoms with Crippen LogP contribution < -0.4 is 4.90 Å². The van der Waals surface area contributed by atoms with Crippen LogP contribution in [0.5, 0.6) is 0 Å². The summed E-state index contributed by atoms with van der Waals surface area (Å²) >= 11 is 0. The van der Waals surface area contributed by atoms with Crippen molar-refractivity contribution in [2.75, 3.05) is 11.9 Å². The number of aliphatic hydroxyl groups excluding tert-OH is 1. The van der Waals surface area contributed by atoms with Crippen molar-refractivity contribution < 1.29 is 9.50 Å². The molecule has 94 valence electrons. The molecule has 0 aromatic heterocycles. The lowest BCUT2D eigenvalue weighted by Crippen LogP contribution is -2.11. The zero-order valence-corrected chi connectivity index (χ0v) is 10.5. The van der Waals surface area contributed by atoms with E-state index in [1.54, 1.807) is 6.07 Å². The third-order valence-corrected chi connectivity index (χ3v) is 3.00. The molecule has 2 nitrogen and oxygen atoms in total. The first kappa shape index (κ1) is 12.6. The number of halogens is 1. The number of rotatable bonds is 3.